The number of ketones is 1. The molecule has 0 unspecified atom stereocenters. The third-order valence-electron chi connectivity index (χ3n) is 3.79. The number of fused-ring (bicyclic) bond motifs is 4. The number of nitrogens with zero attached hydrogens (tertiary/aromatic N) is 4. The summed E-state index contributed by atoms with van der Waals surface area (Å²) in [5, 5.41) is 11.4. The second-order valence-electron chi connectivity index (χ2n) is 5.17. The molecule has 4 rings (SSSR count). The molecule has 8 nitrogen and oxygen atoms in total. The normalized spacial score (nSPS) is 12.3. The zero-order chi connectivity index (χ0) is 17.0. The summed E-state index contributed by atoms with van der Waals surface area (Å²) in [6, 6.07) is 7.12. The first kappa shape index (κ1) is 14.6. The molecule has 0 atom stereocenters. The fourth-order valence-electron chi connectivity index (χ4n) is 2.69. The molecule has 118 valence electrons. The van der Waals surface area contributed by atoms with Gasteiger partial charge in [0.15, 0.2) is 11.3 Å². The molecule has 24 heavy (non-hydrogen) atoms. The second-order valence-corrected chi connectivity index (χ2v) is 5.73. The molecule has 0 radical (unpaired) electrons. The van der Waals surface area contributed by atoms with Crippen LogP contribution in [-0.2, 0) is 5.33 Å². The van der Waals surface area contributed by atoms with Crippen molar-refractivity contribution in [1.29, 1.82) is 0 Å². The van der Waals surface area contributed by atoms with Crippen LogP contribution < -0.4 is 5.56 Å². The van der Waals surface area contributed by atoms with E-state index in [2.05, 4.69) is 25.9 Å². The van der Waals surface area contributed by atoms with Gasteiger partial charge in [-0.3, -0.25) is 24.3 Å². The Morgan fingerprint density at radius 1 is 1.17 bits per heavy atom. The molecule has 1 aliphatic heterocycles. The number of carbonyl (C=O) groups excluding carboxylic acids is 1. The van der Waals surface area contributed by atoms with E-state index < -0.39 is 16.3 Å². The average Bonchev–Trinajstić information content (AvgIpc) is 2.87. The van der Waals surface area contributed by atoms with Crippen molar-refractivity contribution in [2.75, 3.05) is 0 Å². The Morgan fingerprint density at radius 2 is 1.96 bits per heavy atom. The summed E-state index contributed by atoms with van der Waals surface area (Å²) in [4.78, 5) is 44.1. The van der Waals surface area contributed by atoms with Crippen molar-refractivity contribution in [1.82, 2.24) is 14.5 Å². The predicted molar refractivity (Wildman–Crippen MR) is 87.9 cm³/mol. The van der Waals surface area contributed by atoms with Gasteiger partial charge in [0.2, 0.25) is 5.78 Å². The van der Waals surface area contributed by atoms with E-state index in [1.54, 1.807) is 12.1 Å². The van der Waals surface area contributed by atoms with Gasteiger partial charge in [-0.2, -0.15) is 0 Å². The molecular formula is C15H7BrN4O4. The van der Waals surface area contributed by atoms with Crippen molar-refractivity contribution < 1.29 is 9.72 Å². The van der Waals surface area contributed by atoms with E-state index in [9.17, 15) is 19.7 Å². The van der Waals surface area contributed by atoms with Gasteiger partial charge in [-0.15, -0.1) is 0 Å². The number of halogens is 1. The minimum atomic E-state index is -0.590. The predicted octanol–water partition coefficient (Wildman–Crippen LogP) is 2.13. The van der Waals surface area contributed by atoms with E-state index in [0.29, 0.717) is 16.5 Å². The minimum Gasteiger partial charge on any atom is -0.285 e. The van der Waals surface area contributed by atoms with Crippen LogP contribution in [0.5, 0.6) is 0 Å². The highest BCUT2D eigenvalue weighted by Crippen LogP contribution is 2.29. The third-order valence-corrected chi connectivity index (χ3v) is 4.37. The Morgan fingerprint density at radius 3 is 2.67 bits per heavy atom. The van der Waals surface area contributed by atoms with Crippen LogP contribution in [0.25, 0.3) is 16.7 Å². The molecule has 0 bridgehead atoms. The standard InChI is InChI=1S/C15H7BrN4O4/c16-6-7-1-3-10-12(17-7)15(22)19-11-4-2-8(20(23)24)5-9(11)13(21)14(19)18-10/h1-5H,6H2. The number of rotatable bonds is 2. The lowest BCUT2D eigenvalue weighted by Gasteiger charge is -2.05. The Bertz CT molecular complexity index is 1120. The molecule has 3 aromatic rings. The van der Waals surface area contributed by atoms with E-state index in [4.69, 9.17) is 0 Å². The van der Waals surface area contributed by atoms with E-state index in [0.717, 1.165) is 10.6 Å². The Labute approximate surface area is 142 Å². The maximum atomic E-state index is 12.8. The molecule has 3 heterocycles. The van der Waals surface area contributed by atoms with Crippen molar-refractivity contribution in [2.24, 2.45) is 0 Å². The van der Waals surface area contributed by atoms with Crippen LogP contribution >= 0.6 is 15.9 Å². The van der Waals surface area contributed by atoms with E-state index in [1.165, 1.54) is 12.1 Å². The topological polar surface area (TPSA) is 108 Å². The summed E-state index contributed by atoms with van der Waals surface area (Å²) in [6.07, 6.45) is 0. The lowest BCUT2D eigenvalue weighted by Crippen LogP contribution is -2.22. The molecule has 0 saturated carbocycles. The summed E-state index contributed by atoms with van der Waals surface area (Å²) >= 11 is 3.28. The van der Waals surface area contributed by atoms with E-state index >= 15 is 0 Å². The molecule has 0 saturated heterocycles. The molecule has 0 N–H and O–H groups in total. The van der Waals surface area contributed by atoms with Crippen molar-refractivity contribution in [3.8, 4) is 5.69 Å². The molecule has 1 aliphatic rings. The largest absolute Gasteiger partial charge is 0.285 e. The van der Waals surface area contributed by atoms with Crippen LogP contribution in [0.1, 0.15) is 21.9 Å². The lowest BCUT2D eigenvalue weighted by molar-refractivity contribution is -0.384. The van der Waals surface area contributed by atoms with Gasteiger partial charge in [0, 0.05) is 17.5 Å². The number of carbonyl (C=O) groups is 1. The zero-order valence-electron chi connectivity index (χ0n) is 11.9. The minimum absolute atomic E-state index is 0.0589. The van der Waals surface area contributed by atoms with Gasteiger partial charge in [0.25, 0.3) is 11.2 Å². The first-order valence-corrected chi connectivity index (χ1v) is 7.95. The van der Waals surface area contributed by atoms with E-state index in [1.807, 2.05) is 0 Å². The van der Waals surface area contributed by atoms with Crippen LogP contribution in [0, 0.1) is 10.1 Å². The summed E-state index contributed by atoms with van der Waals surface area (Å²) < 4.78 is 1.16. The first-order valence-electron chi connectivity index (χ1n) is 6.83. The number of hydrogen-bond donors (Lipinski definition) is 0. The first-order chi connectivity index (χ1) is 11.5. The molecule has 0 aliphatic carbocycles. The smallest absolute Gasteiger partial charge is 0.285 e. The Kier molecular flexibility index (Phi) is 3.07. The van der Waals surface area contributed by atoms with Crippen LogP contribution in [0.3, 0.4) is 0 Å². The second kappa shape index (κ2) is 5.03. The molecule has 1 aromatic carbocycles. The van der Waals surface area contributed by atoms with Crippen molar-refractivity contribution in [3.05, 3.63) is 67.9 Å². The van der Waals surface area contributed by atoms with Crippen molar-refractivity contribution in [3.63, 3.8) is 0 Å². The van der Waals surface area contributed by atoms with Crippen LogP contribution in [-0.4, -0.2) is 25.2 Å². The highest BCUT2D eigenvalue weighted by molar-refractivity contribution is 9.08. The number of benzene rings is 1. The maximum Gasteiger partial charge on any atom is 0.285 e. The SMILES string of the molecule is O=C1c2cc([N+](=O)[O-])ccc2-n2c1nc1ccc(CBr)nc1c2=O. The third kappa shape index (κ3) is 1.91. The quantitative estimate of drug-likeness (QED) is 0.296. The van der Waals surface area contributed by atoms with Gasteiger partial charge in [-0.1, -0.05) is 15.9 Å². The molecule has 2 aromatic heterocycles. The monoisotopic (exact) mass is 386 g/mol. The number of aromatic nitrogens is 3. The molecule has 0 amide bonds. The van der Waals surface area contributed by atoms with Gasteiger partial charge in [-0.25, -0.2) is 9.97 Å². The Balaban J connectivity index is 2.06. The maximum absolute atomic E-state index is 12.8. The zero-order valence-corrected chi connectivity index (χ0v) is 13.5. The number of hydrogen-bond acceptors (Lipinski definition) is 6. The van der Waals surface area contributed by atoms with Crippen molar-refractivity contribution in [2.45, 2.75) is 5.33 Å². The summed E-state index contributed by atoms with van der Waals surface area (Å²) in [5.74, 6) is -0.575. The molecule has 9 heteroatoms. The molecule has 0 fully saturated rings. The number of nitro benzene ring substituents is 1. The molecule has 0 spiro atoms. The summed E-state index contributed by atoms with van der Waals surface area (Å²) in [5.41, 5.74) is 0.804. The van der Waals surface area contributed by atoms with Crippen LogP contribution in [0.2, 0.25) is 0 Å². The van der Waals surface area contributed by atoms with Crippen LogP contribution in [0.15, 0.2) is 35.1 Å². The average molecular weight is 387 g/mol. The highest BCUT2D eigenvalue weighted by Gasteiger charge is 2.32. The van der Waals surface area contributed by atoms with Gasteiger partial charge in [0.05, 0.1) is 27.4 Å². The lowest BCUT2D eigenvalue weighted by atomic mass is 10.1. The van der Waals surface area contributed by atoms with Gasteiger partial charge >= 0.3 is 0 Å². The van der Waals surface area contributed by atoms with E-state index in [-0.39, 0.29) is 28.3 Å². The fourth-order valence-corrected chi connectivity index (χ4v) is 3.00. The number of alkyl halides is 1. The van der Waals surface area contributed by atoms with Crippen LogP contribution in [0.4, 0.5) is 5.69 Å². The number of non-ortho nitro benzene ring substituents is 1. The van der Waals surface area contributed by atoms with Gasteiger partial charge < -0.3 is 0 Å². The highest BCUT2D eigenvalue weighted by atomic mass is 79.9. The van der Waals surface area contributed by atoms with Gasteiger partial charge in [0.1, 0.15) is 0 Å². The summed E-state index contributed by atoms with van der Waals surface area (Å²) in [7, 11) is 0. The fraction of sp³-hybridized carbons (Fsp3) is 0.0667. The number of nitro groups is 1. The summed E-state index contributed by atoms with van der Waals surface area (Å²) in [6.45, 7) is 0. The molecular weight excluding hydrogens is 380 g/mol. The number of pyridine rings is 1. The Hall–Kier alpha value is -2.94. The van der Waals surface area contributed by atoms with Gasteiger partial charge in [-0.05, 0) is 18.2 Å². The van der Waals surface area contributed by atoms with Crippen molar-refractivity contribution >= 4 is 38.4 Å².